The predicted octanol–water partition coefficient (Wildman–Crippen LogP) is 0.180. The van der Waals surface area contributed by atoms with E-state index in [4.69, 9.17) is 0 Å². The molecule has 1 rings (SSSR count). The molecule has 2 atom stereocenters. The van der Waals surface area contributed by atoms with Gasteiger partial charge < -0.3 is 5.32 Å². The fraction of sp³-hybridized carbons (Fsp3) is 1.00. The highest BCUT2D eigenvalue weighted by Crippen LogP contribution is 2.07. The molecule has 0 aromatic rings. The number of nitrogens with one attached hydrogen (secondary N) is 1. The van der Waals surface area contributed by atoms with Gasteiger partial charge in [0, 0.05) is 0 Å². The van der Waals surface area contributed by atoms with Crippen LogP contribution in [0.4, 0.5) is 0 Å². The zero-order chi connectivity index (χ0) is 5.28. The summed E-state index contributed by atoms with van der Waals surface area (Å²) in [7, 11) is 1.36. The number of hydrogen-bond acceptors (Lipinski definition) is 1. The van der Waals surface area contributed by atoms with E-state index in [9.17, 15) is 0 Å². The normalized spacial score (nSPS) is 40.9. The Kier molecular flexibility index (Phi) is 1.38. The van der Waals surface area contributed by atoms with Gasteiger partial charge in [-0.1, -0.05) is 19.7 Å². The second kappa shape index (κ2) is 1.87. The minimum absolute atomic E-state index is 0.773. The Bertz CT molecular complexity index is 57.1. The van der Waals surface area contributed by atoms with Crippen LogP contribution in [0.2, 0.25) is 5.82 Å². The van der Waals surface area contributed by atoms with E-state index in [0.29, 0.717) is 0 Å². The van der Waals surface area contributed by atoms with Crippen molar-refractivity contribution in [2.24, 2.45) is 0 Å². The molecule has 7 heavy (non-hydrogen) atoms. The van der Waals surface area contributed by atoms with E-state index in [1.54, 1.807) is 0 Å². The third-order valence-corrected chi connectivity index (χ3v) is 1.57. The molecular weight excluding hydrogens is 84.9 g/mol. The third-order valence-electron chi connectivity index (χ3n) is 1.57. The van der Waals surface area contributed by atoms with Crippen molar-refractivity contribution in [3.05, 3.63) is 0 Å². The number of rotatable bonds is 0. The van der Waals surface area contributed by atoms with E-state index in [1.807, 2.05) is 0 Å². The molecule has 0 radical (unpaired) electrons. The Morgan fingerprint density at radius 2 is 2.29 bits per heavy atom. The van der Waals surface area contributed by atoms with Gasteiger partial charge in [0.2, 0.25) is 0 Å². The lowest BCUT2D eigenvalue weighted by Crippen LogP contribution is -2.20. The van der Waals surface area contributed by atoms with Crippen LogP contribution in [0.3, 0.4) is 0 Å². The van der Waals surface area contributed by atoms with Gasteiger partial charge in [-0.05, 0) is 12.5 Å². The molecule has 0 saturated carbocycles. The molecule has 0 aromatic carbocycles. The summed E-state index contributed by atoms with van der Waals surface area (Å²) < 4.78 is 0. The second-order valence-corrected chi connectivity index (χ2v) is 2.65. The highest BCUT2D eigenvalue weighted by molar-refractivity contribution is 6.40. The lowest BCUT2D eigenvalue weighted by molar-refractivity contribution is 0.721. The van der Waals surface area contributed by atoms with Gasteiger partial charge in [-0.2, -0.15) is 0 Å². The van der Waals surface area contributed by atoms with E-state index < -0.39 is 0 Å². The summed E-state index contributed by atoms with van der Waals surface area (Å²) in [6.45, 7) is 5.75. The summed E-state index contributed by atoms with van der Waals surface area (Å²) in [4.78, 5) is 0. The van der Waals surface area contributed by atoms with Crippen molar-refractivity contribution >= 4 is 7.28 Å². The average Bonchev–Trinajstić information content (AvgIpc) is 1.87. The molecule has 1 aliphatic heterocycles. The van der Waals surface area contributed by atoms with E-state index in [1.165, 1.54) is 13.8 Å². The van der Waals surface area contributed by atoms with Crippen molar-refractivity contribution in [1.29, 1.82) is 0 Å². The zero-order valence-corrected chi connectivity index (χ0v) is 5.07. The third kappa shape index (κ3) is 1.20. The Hall–Kier alpha value is 0.0249. The van der Waals surface area contributed by atoms with Crippen molar-refractivity contribution in [1.82, 2.24) is 5.32 Å². The van der Waals surface area contributed by atoms with Crippen LogP contribution in [-0.4, -0.2) is 19.8 Å². The van der Waals surface area contributed by atoms with Crippen molar-refractivity contribution in [3.63, 3.8) is 0 Å². The standard InChI is InChI=1S/C5H12BN/c1-4-3-7-5(2)6-4/h4-7H,3H2,1-2H3. The summed E-state index contributed by atoms with van der Waals surface area (Å²) in [5.41, 5.74) is 0. The molecule has 1 saturated heterocycles. The Balaban J connectivity index is 2.26. The van der Waals surface area contributed by atoms with E-state index in [2.05, 4.69) is 19.2 Å². The highest BCUT2D eigenvalue weighted by atomic mass is 14.9. The molecular formula is C5H12BN. The van der Waals surface area contributed by atoms with Gasteiger partial charge >= 0.3 is 0 Å². The molecule has 0 aromatic heterocycles. The summed E-state index contributed by atoms with van der Waals surface area (Å²) in [5, 5.41) is 3.37. The number of hydrogen-bond donors (Lipinski definition) is 1. The van der Waals surface area contributed by atoms with Crippen LogP contribution in [0.1, 0.15) is 13.8 Å². The minimum Gasteiger partial charge on any atom is -0.322 e. The highest BCUT2D eigenvalue weighted by Gasteiger charge is 2.16. The zero-order valence-electron chi connectivity index (χ0n) is 5.07. The first-order valence-electron chi connectivity index (χ1n) is 3.02. The van der Waals surface area contributed by atoms with Crippen LogP contribution in [0, 0.1) is 0 Å². The lowest BCUT2D eigenvalue weighted by Gasteiger charge is -1.94. The Labute approximate surface area is 45.7 Å². The van der Waals surface area contributed by atoms with Crippen molar-refractivity contribution in [2.75, 3.05) is 6.54 Å². The first-order valence-corrected chi connectivity index (χ1v) is 3.02. The first kappa shape index (κ1) is 5.17. The molecule has 2 unspecified atom stereocenters. The SMILES string of the molecule is CC1BC(C)NC1. The van der Waals surface area contributed by atoms with Crippen molar-refractivity contribution in [2.45, 2.75) is 25.6 Å². The van der Waals surface area contributed by atoms with Crippen molar-refractivity contribution < 1.29 is 0 Å². The van der Waals surface area contributed by atoms with Crippen molar-refractivity contribution in [3.8, 4) is 0 Å². The van der Waals surface area contributed by atoms with Gasteiger partial charge in [0.25, 0.3) is 0 Å². The smallest absolute Gasteiger partial charge is 0.146 e. The largest absolute Gasteiger partial charge is 0.322 e. The maximum atomic E-state index is 3.37. The monoisotopic (exact) mass is 97.1 g/mol. The van der Waals surface area contributed by atoms with Crippen LogP contribution < -0.4 is 5.32 Å². The lowest BCUT2D eigenvalue weighted by atomic mass is 9.63. The molecule has 1 nitrogen and oxygen atoms in total. The molecule has 0 amide bonds. The molecule has 0 aliphatic carbocycles. The Morgan fingerprint density at radius 1 is 1.57 bits per heavy atom. The maximum Gasteiger partial charge on any atom is 0.146 e. The first-order chi connectivity index (χ1) is 3.29. The van der Waals surface area contributed by atoms with Gasteiger partial charge in [0.15, 0.2) is 0 Å². The summed E-state index contributed by atoms with van der Waals surface area (Å²) in [5.74, 6) is 1.69. The van der Waals surface area contributed by atoms with E-state index >= 15 is 0 Å². The van der Waals surface area contributed by atoms with Gasteiger partial charge in [-0.3, -0.25) is 0 Å². The van der Waals surface area contributed by atoms with E-state index in [-0.39, 0.29) is 0 Å². The summed E-state index contributed by atoms with van der Waals surface area (Å²) in [6, 6.07) is 0. The van der Waals surface area contributed by atoms with Crippen LogP contribution >= 0.6 is 0 Å². The topological polar surface area (TPSA) is 12.0 Å². The second-order valence-electron chi connectivity index (χ2n) is 2.65. The maximum absolute atomic E-state index is 3.37. The minimum atomic E-state index is 0.773. The van der Waals surface area contributed by atoms with E-state index in [0.717, 1.165) is 11.8 Å². The Morgan fingerprint density at radius 3 is 2.43 bits per heavy atom. The van der Waals surface area contributed by atoms with Crippen LogP contribution in [0.15, 0.2) is 0 Å². The van der Waals surface area contributed by atoms with Crippen LogP contribution in [0.5, 0.6) is 0 Å². The fourth-order valence-corrected chi connectivity index (χ4v) is 1.17. The van der Waals surface area contributed by atoms with Gasteiger partial charge in [-0.15, -0.1) is 0 Å². The molecule has 1 N–H and O–H groups in total. The quantitative estimate of drug-likeness (QED) is 0.425. The summed E-state index contributed by atoms with van der Waals surface area (Å²) >= 11 is 0. The fourth-order valence-electron chi connectivity index (χ4n) is 1.17. The van der Waals surface area contributed by atoms with Gasteiger partial charge in [0.05, 0.1) is 0 Å². The molecule has 0 spiro atoms. The summed E-state index contributed by atoms with van der Waals surface area (Å²) in [6.07, 6.45) is 0. The van der Waals surface area contributed by atoms with Gasteiger partial charge in [-0.25, -0.2) is 0 Å². The van der Waals surface area contributed by atoms with Gasteiger partial charge in [0.1, 0.15) is 7.28 Å². The molecule has 2 heteroatoms. The van der Waals surface area contributed by atoms with Crippen LogP contribution in [0.25, 0.3) is 0 Å². The molecule has 0 bridgehead atoms. The van der Waals surface area contributed by atoms with Crippen LogP contribution in [-0.2, 0) is 0 Å². The molecule has 1 heterocycles. The molecule has 1 fully saturated rings. The predicted molar refractivity (Wildman–Crippen MR) is 34.0 cm³/mol. The molecule has 1 aliphatic rings. The molecule has 40 valence electrons. The average molecular weight is 97.0 g/mol.